The number of anilines is 1. The lowest BCUT2D eigenvalue weighted by Crippen LogP contribution is -2.33. The Morgan fingerprint density at radius 3 is 2.75 bits per heavy atom. The van der Waals surface area contributed by atoms with E-state index in [4.69, 9.17) is 4.74 Å². The third-order valence-electron chi connectivity index (χ3n) is 3.72. The van der Waals surface area contributed by atoms with Gasteiger partial charge in [0.1, 0.15) is 0 Å². The standard InChI is InChI=1S/C15H20N2O3/c1-15(2)11-9-10(13(18)16-7-8-20-4)5-6-12(11)17(3)14(15)19/h5-6,9H,7-8H2,1-4H3,(H,16,18). The maximum Gasteiger partial charge on any atom is 0.251 e. The van der Waals surface area contributed by atoms with Gasteiger partial charge in [0.05, 0.1) is 12.0 Å². The lowest BCUT2D eigenvalue weighted by atomic mass is 9.85. The van der Waals surface area contributed by atoms with E-state index in [2.05, 4.69) is 5.32 Å². The molecule has 108 valence electrons. The monoisotopic (exact) mass is 276 g/mol. The van der Waals surface area contributed by atoms with Crippen LogP contribution in [-0.4, -0.2) is 39.1 Å². The summed E-state index contributed by atoms with van der Waals surface area (Å²) in [5, 5.41) is 2.78. The number of ether oxygens (including phenoxy) is 1. The molecule has 0 spiro atoms. The second kappa shape index (κ2) is 5.25. The molecule has 0 aromatic heterocycles. The molecule has 20 heavy (non-hydrogen) atoms. The van der Waals surface area contributed by atoms with Crippen molar-refractivity contribution in [2.75, 3.05) is 32.2 Å². The van der Waals surface area contributed by atoms with Gasteiger partial charge in [-0.15, -0.1) is 0 Å². The summed E-state index contributed by atoms with van der Waals surface area (Å²) in [6.07, 6.45) is 0. The van der Waals surface area contributed by atoms with Gasteiger partial charge >= 0.3 is 0 Å². The fourth-order valence-corrected chi connectivity index (χ4v) is 2.48. The highest BCUT2D eigenvalue weighted by atomic mass is 16.5. The van der Waals surface area contributed by atoms with Crippen LogP contribution in [0.1, 0.15) is 29.8 Å². The number of benzene rings is 1. The zero-order valence-corrected chi connectivity index (χ0v) is 12.3. The molecule has 2 amide bonds. The van der Waals surface area contributed by atoms with E-state index in [-0.39, 0.29) is 11.8 Å². The van der Waals surface area contributed by atoms with E-state index in [9.17, 15) is 9.59 Å². The van der Waals surface area contributed by atoms with Crippen molar-refractivity contribution in [1.82, 2.24) is 5.32 Å². The van der Waals surface area contributed by atoms with Gasteiger partial charge in [-0.25, -0.2) is 0 Å². The number of nitrogens with zero attached hydrogens (tertiary/aromatic N) is 1. The fourth-order valence-electron chi connectivity index (χ4n) is 2.48. The van der Waals surface area contributed by atoms with Gasteiger partial charge in [-0.1, -0.05) is 0 Å². The largest absolute Gasteiger partial charge is 0.383 e. The van der Waals surface area contributed by atoms with Crippen molar-refractivity contribution in [3.63, 3.8) is 0 Å². The quantitative estimate of drug-likeness (QED) is 0.844. The topological polar surface area (TPSA) is 58.6 Å². The summed E-state index contributed by atoms with van der Waals surface area (Å²) in [7, 11) is 3.35. The fraction of sp³-hybridized carbons (Fsp3) is 0.467. The first-order chi connectivity index (χ1) is 9.39. The first kappa shape index (κ1) is 14.5. The number of rotatable bonds is 4. The van der Waals surface area contributed by atoms with E-state index in [1.807, 2.05) is 19.9 Å². The molecule has 5 heteroatoms. The Labute approximate surface area is 118 Å². The molecule has 1 aliphatic rings. The smallest absolute Gasteiger partial charge is 0.251 e. The van der Waals surface area contributed by atoms with Gasteiger partial charge in [-0.05, 0) is 37.6 Å². The van der Waals surface area contributed by atoms with Crippen molar-refractivity contribution in [1.29, 1.82) is 0 Å². The predicted octanol–water partition coefficient (Wildman–Crippen LogP) is 1.32. The third-order valence-corrected chi connectivity index (χ3v) is 3.72. The number of likely N-dealkylation sites (N-methyl/N-ethyl adjacent to an activating group) is 1. The van der Waals surface area contributed by atoms with Crippen LogP contribution in [0.2, 0.25) is 0 Å². The molecule has 0 aliphatic carbocycles. The summed E-state index contributed by atoms with van der Waals surface area (Å²) in [6.45, 7) is 4.70. The van der Waals surface area contributed by atoms with Gasteiger partial charge in [0.2, 0.25) is 5.91 Å². The van der Waals surface area contributed by atoms with Crippen molar-refractivity contribution in [2.24, 2.45) is 0 Å². The minimum atomic E-state index is -0.590. The highest BCUT2D eigenvalue weighted by molar-refractivity contribution is 6.08. The summed E-state index contributed by atoms with van der Waals surface area (Å²) in [5.74, 6) is -0.105. The van der Waals surface area contributed by atoms with Gasteiger partial charge in [-0.3, -0.25) is 9.59 Å². The average Bonchev–Trinajstić information content (AvgIpc) is 2.60. The number of carbonyl (C=O) groups is 2. The van der Waals surface area contributed by atoms with Crippen LogP contribution < -0.4 is 10.2 Å². The summed E-state index contributed by atoms with van der Waals surface area (Å²) in [4.78, 5) is 25.9. The SMILES string of the molecule is COCCNC(=O)c1ccc2c(c1)C(C)(C)C(=O)N2C. The Balaban J connectivity index is 2.27. The highest BCUT2D eigenvalue weighted by Gasteiger charge is 2.42. The Kier molecular flexibility index (Phi) is 3.81. The van der Waals surface area contributed by atoms with Crippen molar-refractivity contribution in [3.05, 3.63) is 29.3 Å². The molecule has 0 atom stereocenters. The van der Waals surface area contributed by atoms with E-state index in [0.29, 0.717) is 18.7 Å². The lowest BCUT2D eigenvalue weighted by molar-refractivity contribution is -0.121. The molecule has 0 unspecified atom stereocenters. The number of hydrogen-bond acceptors (Lipinski definition) is 3. The summed E-state index contributed by atoms with van der Waals surface area (Å²) in [6, 6.07) is 5.37. The van der Waals surface area contributed by atoms with Gasteiger partial charge in [-0.2, -0.15) is 0 Å². The summed E-state index contributed by atoms with van der Waals surface area (Å²) in [5.41, 5.74) is 1.74. The second-order valence-electron chi connectivity index (χ2n) is 5.47. The van der Waals surface area contributed by atoms with Crippen molar-refractivity contribution in [2.45, 2.75) is 19.3 Å². The van der Waals surface area contributed by atoms with Crippen LogP contribution in [0.15, 0.2) is 18.2 Å². The van der Waals surface area contributed by atoms with E-state index in [1.54, 1.807) is 31.2 Å². The Morgan fingerprint density at radius 2 is 2.10 bits per heavy atom. The minimum absolute atomic E-state index is 0.0458. The molecule has 0 saturated heterocycles. The number of methoxy groups -OCH3 is 1. The van der Waals surface area contributed by atoms with Crippen LogP contribution in [-0.2, 0) is 14.9 Å². The molecule has 0 saturated carbocycles. The molecular formula is C15H20N2O3. The van der Waals surface area contributed by atoms with Gasteiger partial charge < -0.3 is 15.0 Å². The average molecular weight is 276 g/mol. The number of carbonyl (C=O) groups excluding carboxylic acids is 2. The Morgan fingerprint density at radius 1 is 1.40 bits per heavy atom. The van der Waals surface area contributed by atoms with Crippen LogP contribution in [0, 0.1) is 0 Å². The zero-order chi connectivity index (χ0) is 14.9. The normalized spacial score (nSPS) is 16.2. The van der Waals surface area contributed by atoms with Crippen molar-refractivity contribution in [3.8, 4) is 0 Å². The van der Waals surface area contributed by atoms with E-state index in [1.165, 1.54) is 0 Å². The van der Waals surface area contributed by atoms with Gasteiger partial charge in [0.25, 0.3) is 5.91 Å². The van der Waals surface area contributed by atoms with E-state index in [0.717, 1.165) is 11.3 Å². The lowest BCUT2D eigenvalue weighted by Gasteiger charge is -2.16. The highest BCUT2D eigenvalue weighted by Crippen LogP contribution is 2.40. The number of fused-ring (bicyclic) bond motifs is 1. The molecule has 0 fully saturated rings. The summed E-state index contributed by atoms with van der Waals surface area (Å²) < 4.78 is 4.90. The molecule has 1 aromatic carbocycles. The maximum absolute atomic E-state index is 12.2. The summed E-state index contributed by atoms with van der Waals surface area (Å²) >= 11 is 0. The molecule has 1 heterocycles. The van der Waals surface area contributed by atoms with E-state index < -0.39 is 5.41 Å². The van der Waals surface area contributed by atoms with Gasteiger partial charge in [0.15, 0.2) is 0 Å². The molecule has 1 aliphatic heterocycles. The third kappa shape index (κ3) is 2.29. The Bertz CT molecular complexity index is 552. The second-order valence-corrected chi connectivity index (χ2v) is 5.47. The predicted molar refractivity (Wildman–Crippen MR) is 77.1 cm³/mol. The molecule has 1 N–H and O–H groups in total. The van der Waals surface area contributed by atoms with Crippen molar-refractivity contribution >= 4 is 17.5 Å². The number of nitrogens with one attached hydrogen (secondary N) is 1. The van der Waals surface area contributed by atoms with Crippen LogP contribution in [0.3, 0.4) is 0 Å². The minimum Gasteiger partial charge on any atom is -0.383 e. The molecule has 0 bridgehead atoms. The Hall–Kier alpha value is -1.88. The first-order valence-corrected chi connectivity index (χ1v) is 6.59. The maximum atomic E-state index is 12.2. The number of amides is 2. The number of hydrogen-bond donors (Lipinski definition) is 1. The molecule has 0 radical (unpaired) electrons. The van der Waals surface area contributed by atoms with Gasteiger partial charge in [0, 0.05) is 32.0 Å². The molecule has 2 rings (SSSR count). The zero-order valence-electron chi connectivity index (χ0n) is 12.3. The van der Waals surface area contributed by atoms with Crippen LogP contribution in [0.25, 0.3) is 0 Å². The van der Waals surface area contributed by atoms with Crippen LogP contribution in [0.4, 0.5) is 5.69 Å². The molecular weight excluding hydrogens is 256 g/mol. The first-order valence-electron chi connectivity index (χ1n) is 6.59. The van der Waals surface area contributed by atoms with Crippen LogP contribution in [0.5, 0.6) is 0 Å². The molecule has 1 aromatic rings. The molecule has 5 nitrogen and oxygen atoms in total. The van der Waals surface area contributed by atoms with E-state index >= 15 is 0 Å². The van der Waals surface area contributed by atoms with Crippen molar-refractivity contribution < 1.29 is 14.3 Å². The van der Waals surface area contributed by atoms with Crippen LogP contribution >= 0.6 is 0 Å².